The Morgan fingerprint density at radius 2 is 1.88 bits per heavy atom. The lowest BCUT2D eigenvalue weighted by Crippen LogP contribution is -2.38. The van der Waals surface area contributed by atoms with Crippen molar-refractivity contribution in [3.05, 3.63) is 35.3 Å². The Kier molecular flexibility index (Phi) is 5.04. The second kappa shape index (κ2) is 8.18. The smallest absolute Gasteiger partial charge is 0.147 e. The van der Waals surface area contributed by atoms with E-state index in [-0.39, 0.29) is 0 Å². The van der Waals surface area contributed by atoms with Crippen LogP contribution in [-0.2, 0) is 17.6 Å². The SMILES string of the molecule is Cc1[nH]ncc1-c1nc2c(OCCN3CCOCC3)cc3[nH]ncc3c2c2c1CCCC2. The minimum absolute atomic E-state index is 0.619. The predicted molar refractivity (Wildman–Crippen MR) is 123 cm³/mol. The van der Waals surface area contributed by atoms with Gasteiger partial charge in [0.05, 0.1) is 36.8 Å². The molecule has 2 N–H and O–H groups in total. The Hall–Kier alpha value is -2.97. The molecule has 166 valence electrons. The number of rotatable bonds is 5. The van der Waals surface area contributed by atoms with Gasteiger partial charge in [-0.2, -0.15) is 10.2 Å². The quantitative estimate of drug-likeness (QED) is 0.502. The number of nitrogens with zero attached hydrogens (tertiary/aromatic N) is 4. The Morgan fingerprint density at radius 1 is 1.06 bits per heavy atom. The molecule has 0 bridgehead atoms. The topological polar surface area (TPSA) is 92.0 Å². The summed E-state index contributed by atoms with van der Waals surface area (Å²) in [7, 11) is 0. The summed E-state index contributed by atoms with van der Waals surface area (Å²) in [5.74, 6) is 0.820. The number of aromatic amines is 2. The van der Waals surface area contributed by atoms with Crippen LogP contribution in [0.1, 0.15) is 29.7 Å². The highest BCUT2D eigenvalue weighted by molar-refractivity contribution is 6.10. The Balaban J connectivity index is 1.48. The van der Waals surface area contributed by atoms with Gasteiger partial charge in [-0.1, -0.05) is 0 Å². The van der Waals surface area contributed by atoms with Crippen LogP contribution < -0.4 is 4.74 Å². The van der Waals surface area contributed by atoms with Gasteiger partial charge in [-0.15, -0.1) is 0 Å². The number of benzene rings is 1. The summed E-state index contributed by atoms with van der Waals surface area (Å²) in [6, 6.07) is 2.05. The lowest BCUT2D eigenvalue weighted by molar-refractivity contribution is 0.0323. The van der Waals surface area contributed by atoms with Gasteiger partial charge in [0.25, 0.3) is 0 Å². The van der Waals surface area contributed by atoms with E-state index in [1.54, 1.807) is 0 Å². The van der Waals surface area contributed by atoms with Gasteiger partial charge < -0.3 is 9.47 Å². The molecule has 4 heterocycles. The number of aromatic nitrogens is 5. The molecule has 0 unspecified atom stereocenters. The maximum Gasteiger partial charge on any atom is 0.147 e. The van der Waals surface area contributed by atoms with Gasteiger partial charge >= 0.3 is 0 Å². The highest BCUT2D eigenvalue weighted by Crippen LogP contribution is 2.41. The highest BCUT2D eigenvalue weighted by Gasteiger charge is 2.24. The van der Waals surface area contributed by atoms with Crippen LogP contribution in [0, 0.1) is 6.92 Å². The first-order chi connectivity index (χ1) is 15.8. The van der Waals surface area contributed by atoms with Crippen LogP contribution in [0.5, 0.6) is 5.75 Å². The van der Waals surface area contributed by atoms with E-state index in [4.69, 9.17) is 14.5 Å². The highest BCUT2D eigenvalue weighted by atomic mass is 16.5. The van der Waals surface area contributed by atoms with Crippen LogP contribution in [0.4, 0.5) is 0 Å². The van der Waals surface area contributed by atoms with E-state index >= 15 is 0 Å². The lowest BCUT2D eigenvalue weighted by Gasteiger charge is -2.26. The maximum absolute atomic E-state index is 6.38. The van der Waals surface area contributed by atoms with E-state index < -0.39 is 0 Å². The van der Waals surface area contributed by atoms with Gasteiger partial charge in [-0.3, -0.25) is 15.1 Å². The van der Waals surface area contributed by atoms with Crippen molar-refractivity contribution in [2.75, 3.05) is 39.5 Å². The van der Waals surface area contributed by atoms with Gasteiger partial charge in [-0.05, 0) is 43.7 Å². The fourth-order valence-electron chi connectivity index (χ4n) is 5.13. The molecule has 0 amide bonds. The number of aryl methyl sites for hydroxylation is 2. The van der Waals surface area contributed by atoms with Gasteiger partial charge in [0, 0.05) is 47.7 Å². The minimum Gasteiger partial charge on any atom is -0.490 e. The number of morpholine rings is 1. The number of pyridine rings is 1. The van der Waals surface area contributed by atoms with Gasteiger partial charge in [0.2, 0.25) is 0 Å². The molecular weight excluding hydrogens is 404 g/mol. The molecule has 1 fully saturated rings. The summed E-state index contributed by atoms with van der Waals surface area (Å²) in [5.41, 5.74) is 7.83. The largest absolute Gasteiger partial charge is 0.490 e. The van der Waals surface area contributed by atoms with Crippen LogP contribution in [0.15, 0.2) is 18.5 Å². The maximum atomic E-state index is 6.38. The molecule has 8 nitrogen and oxygen atoms in total. The molecule has 1 saturated heterocycles. The predicted octanol–water partition coefficient (Wildman–Crippen LogP) is 3.40. The molecular formula is C24H28N6O2. The van der Waals surface area contributed by atoms with Crippen molar-refractivity contribution in [2.24, 2.45) is 0 Å². The molecule has 8 heteroatoms. The standard InChI is InChI=1S/C24H28N6O2/c1-15-18(13-25-28-15)23-17-5-3-2-4-16(17)22-19-14-26-29-20(19)12-21(24(22)27-23)32-11-8-30-6-9-31-10-7-30/h12-14H,2-11H2,1H3,(H,25,28)(H,26,29). The fourth-order valence-corrected chi connectivity index (χ4v) is 5.13. The van der Waals surface area contributed by atoms with Gasteiger partial charge in [-0.25, -0.2) is 4.98 Å². The van der Waals surface area contributed by atoms with Crippen LogP contribution in [0.3, 0.4) is 0 Å². The zero-order valence-corrected chi connectivity index (χ0v) is 18.4. The van der Waals surface area contributed by atoms with Crippen molar-refractivity contribution in [1.82, 2.24) is 30.3 Å². The molecule has 1 aromatic carbocycles. The average Bonchev–Trinajstić information content (AvgIpc) is 3.47. The van der Waals surface area contributed by atoms with E-state index in [1.807, 2.05) is 12.4 Å². The average molecular weight is 433 g/mol. The number of fused-ring (bicyclic) bond motifs is 5. The summed E-state index contributed by atoms with van der Waals surface area (Å²) in [6.07, 6.45) is 8.30. The van der Waals surface area contributed by atoms with Crippen molar-refractivity contribution in [2.45, 2.75) is 32.6 Å². The van der Waals surface area contributed by atoms with Crippen LogP contribution >= 0.6 is 0 Å². The Labute approximate surface area is 186 Å². The molecule has 0 saturated carbocycles. The molecule has 3 aromatic heterocycles. The fraction of sp³-hybridized carbons (Fsp3) is 0.458. The molecule has 4 aromatic rings. The molecule has 0 spiro atoms. The van der Waals surface area contributed by atoms with E-state index in [0.29, 0.717) is 6.61 Å². The molecule has 32 heavy (non-hydrogen) atoms. The summed E-state index contributed by atoms with van der Waals surface area (Å²) in [4.78, 5) is 7.61. The molecule has 2 aliphatic rings. The summed E-state index contributed by atoms with van der Waals surface area (Å²) in [5, 5.41) is 17.2. The van der Waals surface area contributed by atoms with E-state index in [1.165, 1.54) is 29.4 Å². The monoisotopic (exact) mass is 432 g/mol. The Morgan fingerprint density at radius 3 is 2.69 bits per heavy atom. The Bertz CT molecular complexity index is 1270. The molecule has 0 atom stereocenters. The molecule has 6 rings (SSSR count). The van der Waals surface area contributed by atoms with Crippen molar-refractivity contribution in [3.63, 3.8) is 0 Å². The van der Waals surface area contributed by atoms with Gasteiger partial charge in [0.15, 0.2) is 0 Å². The first-order valence-electron chi connectivity index (χ1n) is 11.5. The third kappa shape index (κ3) is 3.34. The number of ether oxygens (including phenoxy) is 2. The zero-order chi connectivity index (χ0) is 21.5. The summed E-state index contributed by atoms with van der Waals surface area (Å²) < 4.78 is 11.8. The number of nitrogens with one attached hydrogen (secondary N) is 2. The molecule has 0 radical (unpaired) electrons. The number of H-pyrrole nitrogens is 2. The van der Waals surface area contributed by atoms with Crippen LogP contribution in [0.25, 0.3) is 33.1 Å². The summed E-state index contributed by atoms with van der Waals surface area (Å²) >= 11 is 0. The molecule has 1 aliphatic heterocycles. The zero-order valence-electron chi connectivity index (χ0n) is 18.4. The van der Waals surface area contributed by atoms with E-state index in [2.05, 4.69) is 38.3 Å². The normalized spacial score (nSPS) is 17.2. The van der Waals surface area contributed by atoms with Crippen molar-refractivity contribution < 1.29 is 9.47 Å². The third-order valence-corrected chi connectivity index (χ3v) is 6.82. The van der Waals surface area contributed by atoms with Crippen LogP contribution in [0.2, 0.25) is 0 Å². The number of hydrogen-bond donors (Lipinski definition) is 2. The third-order valence-electron chi connectivity index (χ3n) is 6.82. The summed E-state index contributed by atoms with van der Waals surface area (Å²) in [6.45, 7) is 7.06. The van der Waals surface area contributed by atoms with Gasteiger partial charge in [0.1, 0.15) is 17.9 Å². The van der Waals surface area contributed by atoms with E-state index in [0.717, 1.165) is 84.8 Å². The molecule has 1 aliphatic carbocycles. The van der Waals surface area contributed by atoms with Crippen molar-refractivity contribution in [1.29, 1.82) is 0 Å². The second-order valence-electron chi connectivity index (χ2n) is 8.77. The first-order valence-corrected chi connectivity index (χ1v) is 11.5. The lowest BCUT2D eigenvalue weighted by atomic mass is 9.85. The van der Waals surface area contributed by atoms with Crippen molar-refractivity contribution >= 4 is 21.8 Å². The number of hydrogen-bond acceptors (Lipinski definition) is 6. The minimum atomic E-state index is 0.619. The van der Waals surface area contributed by atoms with Crippen molar-refractivity contribution in [3.8, 4) is 17.0 Å². The second-order valence-corrected chi connectivity index (χ2v) is 8.77. The van der Waals surface area contributed by atoms with E-state index in [9.17, 15) is 0 Å². The first kappa shape index (κ1) is 19.7. The van der Waals surface area contributed by atoms with Crippen LogP contribution in [-0.4, -0.2) is 69.7 Å².